The summed E-state index contributed by atoms with van der Waals surface area (Å²) in [4.78, 5) is 0. The molecule has 0 saturated heterocycles. The molecule has 74 valence electrons. The lowest BCUT2D eigenvalue weighted by atomic mass is 10.0. The van der Waals surface area contributed by atoms with Gasteiger partial charge in [0, 0.05) is 0 Å². The molecule has 0 aliphatic heterocycles. The topological polar surface area (TPSA) is 0 Å². The van der Waals surface area contributed by atoms with E-state index in [9.17, 15) is 0 Å². The molecule has 0 bridgehead atoms. The van der Waals surface area contributed by atoms with Gasteiger partial charge in [0.2, 0.25) is 0 Å². The summed E-state index contributed by atoms with van der Waals surface area (Å²) >= 11 is 0. The Labute approximate surface area is 91.0 Å². The van der Waals surface area contributed by atoms with Crippen molar-refractivity contribution in [3.8, 4) is 0 Å². The van der Waals surface area contributed by atoms with Crippen molar-refractivity contribution in [1.29, 1.82) is 0 Å². The van der Waals surface area contributed by atoms with Crippen LogP contribution in [-0.4, -0.2) is 0 Å². The number of rotatable bonds is 0. The monoisotopic (exact) mass is 194 g/mol. The molecule has 1 aliphatic carbocycles. The van der Waals surface area contributed by atoms with E-state index >= 15 is 0 Å². The summed E-state index contributed by atoms with van der Waals surface area (Å²) in [7, 11) is 0. The van der Waals surface area contributed by atoms with Gasteiger partial charge in [-0.3, -0.25) is 0 Å². The van der Waals surface area contributed by atoms with Crippen LogP contribution in [-0.2, 0) is 6.42 Å². The zero-order valence-corrected chi connectivity index (χ0v) is 8.69. The third-order valence-electron chi connectivity index (χ3n) is 2.43. The molecular formula is C15H14. The maximum absolute atomic E-state index is 3.95. The largest absolute Gasteiger partial charge is 0.0918 e. The van der Waals surface area contributed by atoms with Crippen LogP contribution in [0, 0.1) is 0 Å². The average Bonchev–Trinajstić information content (AvgIpc) is 2.27. The van der Waals surface area contributed by atoms with E-state index in [0.717, 1.165) is 12.0 Å². The van der Waals surface area contributed by atoms with Gasteiger partial charge in [-0.25, -0.2) is 0 Å². The van der Waals surface area contributed by atoms with Crippen LogP contribution in [0.1, 0.15) is 11.1 Å². The molecular weight excluding hydrogens is 180 g/mol. The van der Waals surface area contributed by atoms with E-state index in [1.807, 2.05) is 12.2 Å². The van der Waals surface area contributed by atoms with Crippen molar-refractivity contribution in [2.24, 2.45) is 0 Å². The van der Waals surface area contributed by atoms with Crippen LogP contribution in [0.3, 0.4) is 0 Å². The van der Waals surface area contributed by atoms with Crippen molar-refractivity contribution >= 4 is 6.08 Å². The second kappa shape index (κ2) is 4.61. The molecule has 0 fully saturated rings. The lowest BCUT2D eigenvalue weighted by molar-refractivity contribution is 1.26. The van der Waals surface area contributed by atoms with Crippen LogP contribution in [0.15, 0.2) is 66.8 Å². The maximum Gasteiger partial charge on any atom is -0.00884 e. The van der Waals surface area contributed by atoms with E-state index in [1.165, 1.54) is 11.1 Å². The van der Waals surface area contributed by atoms with E-state index < -0.39 is 0 Å². The molecule has 0 N–H and O–H groups in total. The van der Waals surface area contributed by atoms with Crippen molar-refractivity contribution in [1.82, 2.24) is 0 Å². The zero-order chi connectivity index (χ0) is 10.5. The van der Waals surface area contributed by atoms with Gasteiger partial charge in [0.25, 0.3) is 0 Å². The molecule has 0 unspecified atom stereocenters. The first kappa shape index (κ1) is 9.72. The number of benzene rings is 1. The second-order valence-corrected chi connectivity index (χ2v) is 3.60. The first-order valence-electron chi connectivity index (χ1n) is 5.14. The average molecular weight is 194 g/mol. The van der Waals surface area contributed by atoms with E-state index in [0.29, 0.717) is 0 Å². The standard InChI is InChI=1S/C15H14/c1-13-7-3-2-4-8-14-9-5-6-10-15(14)12-11-13/h2-7,9-12H,1,8H2/b4-2-,7-3-,12-11?. The predicted molar refractivity (Wildman–Crippen MR) is 66.6 cm³/mol. The fraction of sp³-hybridized carbons (Fsp3) is 0.0667. The molecule has 1 aromatic carbocycles. The van der Waals surface area contributed by atoms with E-state index in [1.54, 1.807) is 0 Å². The van der Waals surface area contributed by atoms with E-state index in [4.69, 9.17) is 0 Å². The van der Waals surface area contributed by atoms with E-state index in [2.05, 4.69) is 55.1 Å². The Bertz CT molecular complexity index is 445. The van der Waals surface area contributed by atoms with Gasteiger partial charge in [-0.05, 0) is 23.1 Å². The summed E-state index contributed by atoms with van der Waals surface area (Å²) in [6.45, 7) is 3.95. The molecule has 1 aliphatic rings. The maximum atomic E-state index is 3.95. The van der Waals surface area contributed by atoms with Gasteiger partial charge in [-0.2, -0.15) is 0 Å². The smallest absolute Gasteiger partial charge is 0.00884 e. The quantitative estimate of drug-likeness (QED) is 0.587. The molecule has 0 nitrogen and oxygen atoms in total. The van der Waals surface area contributed by atoms with Crippen LogP contribution < -0.4 is 0 Å². The normalized spacial score (nSPS) is 19.3. The zero-order valence-electron chi connectivity index (χ0n) is 8.69. The highest BCUT2D eigenvalue weighted by atomic mass is 14.0. The second-order valence-electron chi connectivity index (χ2n) is 3.60. The van der Waals surface area contributed by atoms with E-state index in [-0.39, 0.29) is 0 Å². The van der Waals surface area contributed by atoms with Gasteiger partial charge in [0.05, 0.1) is 0 Å². The molecule has 1 aromatic rings. The number of allylic oxidation sites excluding steroid dienone is 6. The fourth-order valence-corrected chi connectivity index (χ4v) is 1.59. The fourth-order valence-electron chi connectivity index (χ4n) is 1.59. The third kappa shape index (κ3) is 2.57. The van der Waals surface area contributed by atoms with Crippen molar-refractivity contribution in [3.63, 3.8) is 0 Å². The predicted octanol–water partition coefficient (Wildman–Crippen LogP) is 3.92. The Kier molecular flexibility index (Phi) is 2.99. The SMILES string of the molecule is C=C1C=Cc2ccccc2C/C=C\C=C/1. The highest BCUT2D eigenvalue weighted by molar-refractivity contribution is 5.58. The minimum absolute atomic E-state index is 0.983. The first-order chi connectivity index (χ1) is 7.36. The number of hydrogen-bond acceptors (Lipinski definition) is 0. The molecule has 2 rings (SSSR count). The molecule has 0 saturated carbocycles. The minimum atomic E-state index is 0.983. The van der Waals surface area contributed by atoms with Crippen molar-refractivity contribution in [3.05, 3.63) is 77.9 Å². The molecule has 0 aromatic heterocycles. The molecule has 15 heavy (non-hydrogen) atoms. The molecule has 0 spiro atoms. The molecule has 0 atom stereocenters. The van der Waals surface area contributed by atoms with Gasteiger partial charge in [0.1, 0.15) is 0 Å². The van der Waals surface area contributed by atoms with Crippen molar-refractivity contribution < 1.29 is 0 Å². The Hall–Kier alpha value is -1.82. The summed E-state index contributed by atoms with van der Waals surface area (Å²) in [6.07, 6.45) is 13.4. The van der Waals surface area contributed by atoms with Crippen LogP contribution in [0.5, 0.6) is 0 Å². The Morgan fingerprint density at radius 3 is 2.73 bits per heavy atom. The van der Waals surface area contributed by atoms with Crippen LogP contribution in [0.25, 0.3) is 6.08 Å². The van der Waals surface area contributed by atoms with Crippen LogP contribution in [0.2, 0.25) is 0 Å². The minimum Gasteiger partial charge on any atom is -0.0918 e. The summed E-state index contributed by atoms with van der Waals surface area (Å²) in [6, 6.07) is 8.45. The van der Waals surface area contributed by atoms with Gasteiger partial charge >= 0.3 is 0 Å². The van der Waals surface area contributed by atoms with Gasteiger partial charge in [-0.15, -0.1) is 0 Å². The Balaban J connectivity index is 2.41. The highest BCUT2D eigenvalue weighted by Crippen LogP contribution is 2.14. The molecule has 0 radical (unpaired) electrons. The Morgan fingerprint density at radius 2 is 1.80 bits per heavy atom. The van der Waals surface area contributed by atoms with Crippen molar-refractivity contribution in [2.45, 2.75) is 6.42 Å². The van der Waals surface area contributed by atoms with Gasteiger partial charge in [-0.1, -0.05) is 67.3 Å². The van der Waals surface area contributed by atoms with Crippen molar-refractivity contribution in [2.75, 3.05) is 0 Å². The molecule has 0 heteroatoms. The number of fused-ring (bicyclic) bond motifs is 1. The van der Waals surface area contributed by atoms with Crippen LogP contribution in [0.4, 0.5) is 0 Å². The first-order valence-corrected chi connectivity index (χ1v) is 5.14. The highest BCUT2D eigenvalue weighted by Gasteiger charge is 1.96. The van der Waals surface area contributed by atoms with Crippen LogP contribution >= 0.6 is 0 Å². The van der Waals surface area contributed by atoms with Gasteiger partial charge in [0.15, 0.2) is 0 Å². The molecule has 0 amide bonds. The summed E-state index contributed by atoms with van der Waals surface area (Å²) in [5, 5.41) is 0. The van der Waals surface area contributed by atoms with Gasteiger partial charge < -0.3 is 0 Å². The molecule has 0 heterocycles. The number of hydrogen-bond donors (Lipinski definition) is 0. The lowest BCUT2D eigenvalue weighted by Crippen LogP contribution is -1.86. The third-order valence-corrected chi connectivity index (χ3v) is 2.43. The summed E-state index contributed by atoms with van der Waals surface area (Å²) in [5.41, 5.74) is 3.66. The summed E-state index contributed by atoms with van der Waals surface area (Å²) < 4.78 is 0. The Morgan fingerprint density at radius 1 is 0.933 bits per heavy atom. The lowest BCUT2D eigenvalue weighted by Gasteiger charge is -2.03. The summed E-state index contributed by atoms with van der Waals surface area (Å²) in [5.74, 6) is 0.